The monoisotopic (exact) mass is 421 g/mol. The lowest BCUT2D eigenvalue weighted by Crippen LogP contribution is -2.25. The second kappa shape index (κ2) is 7.95. The Hall–Kier alpha value is -2.98. The number of ether oxygens (including phenoxy) is 1. The average molecular weight is 422 g/mol. The SMILES string of the molecule is COc1ccc(-n2ncnc2CNC(=O)c2cc(Cl)cc(S(C)(=O)=O)c2)nc1. The molecule has 3 aromatic rings. The van der Waals surface area contributed by atoms with E-state index >= 15 is 0 Å². The van der Waals surface area contributed by atoms with Crippen molar-refractivity contribution in [2.75, 3.05) is 13.4 Å². The normalized spacial score (nSPS) is 11.2. The van der Waals surface area contributed by atoms with Crippen molar-refractivity contribution in [1.82, 2.24) is 25.1 Å². The third-order valence-corrected chi connectivity index (χ3v) is 5.07. The zero-order valence-electron chi connectivity index (χ0n) is 15.0. The van der Waals surface area contributed by atoms with E-state index in [4.69, 9.17) is 16.3 Å². The molecule has 0 fully saturated rings. The molecule has 0 saturated carbocycles. The Morgan fingerprint density at radius 1 is 1.25 bits per heavy atom. The van der Waals surface area contributed by atoms with Crippen molar-refractivity contribution in [2.45, 2.75) is 11.4 Å². The van der Waals surface area contributed by atoms with Gasteiger partial charge in [0.05, 0.1) is 24.7 Å². The van der Waals surface area contributed by atoms with Gasteiger partial charge >= 0.3 is 0 Å². The molecule has 1 amide bonds. The maximum atomic E-state index is 12.4. The van der Waals surface area contributed by atoms with Gasteiger partial charge in [0.1, 0.15) is 12.1 Å². The third kappa shape index (κ3) is 4.46. The zero-order chi connectivity index (χ0) is 20.3. The number of hydrogen-bond acceptors (Lipinski definition) is 7. The Balaban J connectivity index is 1.77. The van der Waals surface area contributed by atoms with Crippen LogP contribution in [0.5, 0.6) is 5.75 Å². The fourth-order valence-electron chi connectivity index (χ4n) is 2.37. The highest BCUT2D eigenvalue weighted by atomic mass is 35.5. The van der Waals surface area contributed by atoms with E-state index < -0.39 is 15.7 Å². The van der Waals surface area contributed by atoms with Crippen molar-refractivity contribution in [3.63, 3.8) is 0 Å². The lowest BCUT2D eigenvalue weighted by Gasteiger charge is -2.09. The number of rotatable bonds is 6. The van der Waals surface area contributed by atoms with Crippen LogP contribution in [0.25, 0.3) is 5.82 Å². The molecule has 0 aliphatic heterocycles. The number of nitrogens with one attached hydrogen (secondary N) is 1. The summed E-state index contributed by atoms with van der Waals surface area (Å²) in [7, 11) is -1.96. The van der Waals surface area contributed by atoms with Crippen molar-refractivity contribution >= 4 is 27.3 Å². The Morgan fingerprint density at radius 2 is 2.04 bits per heavy atom. The molecular formula is C17H16ClN5O4S. The van der Waals surface area contributed by atoms with Crippen molar-refractivity contribution < 1.29 is 17.9 Å². The second-order valence-corrected chi connectivity index (χ2v) is 8.23. The van der Waals surface area contributed by atoms with Crippen LogP contribution in [0.3, 0.4) is 0 Å². The molecule has 2 heterocycles. The van der Waals surface area contributed by atoms with Gasteiger partial charge in [-0.1, -0.05) is 11.6 Å². The van der Waals surface area contributed by atoms with Crippen LogP contribution in [0.2, 0.25) is 5.02 Å². The van der Waals surface area contributed by atoms with E-state index in [0.717, 1.165) is 6.26 Å². The van der Waals surface area contributed by atoms with E-state index in [1.165, 1.54) is 42.5 Å². The van der Waals surface area contributed by atoms with Crippen LogP contribution < -0.4 is 10.1 Å². The molecule has 0 aliphatic rings. The third-order valence-electron chi connectivity index (χ3n) is 3.76. The minimum atomic E-state index is -3.50. The first-order valence-corrected chi connectivity index (χ1v) is 10.2. The largest absolute Gasteiger partial charge is 0.495 e. The van der Waals surface area contributed by atoms with Crippen LogP contribution in [0.15, 0.2) is 47.8 Å². The molecule has 28 heavy (non-hydrogen) atoms. The maximum Gasteiger partial charge on any atom is 0.251 e. The molecule has 146 valence electrons. The van der Waals surface area contributed by atoms with Gasteiger partial charge in [-0.15, -0.1) is 0 Å². The van der Waals surface area contributed by atoms with Crippen LogP contribution in [0.4, 0.5) is 0 Å². The maximum absolute atomic E-state index is 12.4. The number of hydrogen-bond donors (Lipinski definition) is 1. The van der Waals surface area contributed by atoms with Gasteiger partial charge in [0.15, 0.2) is 21.5 Å². The van der Waals surface area contributed by atoms with Crippen LogP contribution in [-0.2, 0) is 16.4 Å². The molecule has 1 N–H and O–H groups in total. The molecule has 0 bridgehead atoms. The summed E-state index contributed by atoms with van der Waals surface area (Å²) in [4.78, 5) is 20.8. The summed E-state index contributed by atoms with van der Waals surface area (Å²) < 4.78 is 30.0. The summed E-state index contributed by atoms with van der Waals surface area (Å²) in [5, 5.41) is 6.93. The molecule has 9 nitrogen and oxygen atoms in total. The van der Waals surface area contributed by atoms with E-state index in [2.05, 4.69) is 20.4 Å². The molecule has 0 aliphatic carbocycles. The fourth-order valence-corrected chi connectivity index (χ4v) is 3.35. The van der Waals surface area contributed by atoms with E-state index in [9.17, 15) is 13.2 Å². The summed E-state index contributed by atoms with van der Waals surface area (Å²) >= 11 is 5.94. The van der Waals surface area contributed by atoms with Crippen molar-refractivity contribution in [3.05, 3.63) is 59.3 Å². The summed E-state index contributed by atoms with van der Waals surface area (Å²) in [6.07, 6.45) is 3.93. The molecular weight excluding hydrogens is 406 g/mol. The molecule has 0 unspecified atom stereocenters. The Morgan fingerprint density at radius 3 is 2.68 bits per heavy atom. The Bertz CT molecular complexity index is 1110. The van der Waals surface area contributed by atoms with Gasteiger partial charge in [0, 0.05) is 16.8 Å². The molecule has 2 aromatic heterocycles. The van der Waals surface area contributed by atoms with Crippen LogP contribution in [0, 0.1) is 0 Å². The lowest BCUT2D eigenvalue weighted by molar-refractivity contribution is 0.0949. The van der Waals surface area contributed by atoms with E-state index in [0.29, 0.717) is 17.4 Å². The molecule has 3 rings (SSSR count). The number of aromatic nitrogens is 4. The number of nitrogens with zero attached hydrogens (tertiary/aromatic N) is 4. The quantitative estimate of drug-likeness (QED) is 0.643. The smallest absolute Gasteiger partial charge is 0.251 e. The van der Waals surface area contributed by atoms with Gasteiger partial charge < -0.3 is 10.1 Å². The molecule has 1 aromatic carbocycles. The number of amides is 1. The number of carbonyl (C=O) groups is 1. The Labute approximate surface area is 166 Å². The number of methoxy groups -OCH3 is 1. The summed E-state index contributed by atoms with van der Waals surface area (Å²) in [5.41, 5.74) is 0.126. The minimum absolute atomic E-state index is 0.0317. The predicted molar refractivity (Wildman–Crippen MR) is 101 cm³/mol. The first kappa shape index (κ1) is 19.8. The van der Waals surface area contributed by atoms with Gasteiger partial charge in [-0.2, -0.15) is 9.78 Å². The highest BCUT2D eigenvalue weighted by Gasteiger charge is 2.15. The topological polar surface area (TPSA) is 116 Å². The number of carbonyl (C=O) groups excluding carboxylic acids is 1. The zero-order valence-corrected chi connectivity index (χ0v) is 16.5. The van der Waals surface area contributed by atoms with Gasteiger partial charge in [-0.3, -0.25) is 4.79 Å². The summed E-state index contributed by atoms with van der Waals surface area (Å²) in [6.45, 7) is 0.0489. The lowest BCUT2D eigenvalue weighted by atomic mass is 10.2. The highest BCUT2D eigenvalue weighted by Crippen LogP contribution is 2.19. The molecule has 11 heteroatoms. The number of pyridine rings is 1. The molecule has 0 radical (unpaired) electrons. The van der Waals surface area contributed by atoms with Crippen molar-refractivity contribution in [1.29, 1.82) is 0 Å². The second-order valence-electron chi connectivity index (χ2n) is 5.77. The summed E-state index contributed by atoms with van der Waals surface area (Å²) in [5.74, 6) is 1.05. The fraction of sp³-hybridized carbons (Fsp3) is 0.176. The highest BCUT2D eigenvalue weighted by molar-refractivity contribution is 7.90. The van der Waals surface area contributed by atoms with Crippen LogP contribution in [-0.4, -0.2) is 47.4 Å². The molecule has 0 spiro atoms. The van der Waals surface area contributed by atoms with Gasteiger partial charge in [-0.25, -0.2) is 18.4 Å². The average Bonchev–Trinajstić information content (AvgIpc) is 3.13. The predicted octanol–water partition coefficient (Wildman–Crippen LogP) is 1.66. The molecule has 0 saturated heterocycles. The van der Waals surface area contributed by atoms with E-state index in [1.807, 2.05) is 0 Å². The van der Waals surface area contributed by atoms with Gasteiger partial charge in [0.25, 0.3) is 5.91 Å². The number of sulfone groups is 1. The number of halogens is 1. The number of benzene rings is 1. The molecule has 0 atom stereocenters. The minimum Gasteiger partial charge on any atom is -0.495 e. The van der Waals surface area contributed by atoms with Crippen molar-refractivity contribution in [2.24, 2.45) is 0 Å². The van der Waals surface area contributed by atoms with Gasteiger partial charge in [-0.05, 0) is 30.3 Å². The van der Waals surface area contributed by atoms with Crippen molar-refractivity contribution in [3.8, 4) is 11.6 Å². The standard InChI is InChI=1S/C17H16ClN5O4S/c1-27-13-3-4-15(19-8-13)23-16(21-10-22-23)9-20-17(24)11-5-12(18)7-14(6-11)28(2,25)26/h3-8,10H,9H2,1-2H3,(H,20,24). The van der Waals surface area contributed by atoms with Crippen LogP contribution in [0.1, 0.15) is 16.2 Å². The van der Waals surface area contributed by atoms with E-state index in [1.54, 1.807) is 12.1 Å². The van der Waals surface area contributed by atoms with E-state index in [-0.39, 0.29) is 22.0 Å². The first-order chi connectivity index (χ1) is 13.3. The first-order valence-electron chi connectivity index (χ1n) is 7.96. The van der Waals surface area contributed by atoms with Gasteiger partial charge in [0.2, 0.25) is 0 Å². The summed E-state index contributed by atoms with van der Waals surface area (Å²) in [6, 6.07) is 7.38. The Kier molecular flexibility index (Phi) is 5.61. The van der Waals surface area contributed by atoms with Crippen LogP contribution >= 0.6 is 11.6 Å².